The summed E-state index contributed by atoms with van der Waals surface area (Å²) in [5.74, 6) is 1.02. The van der Waals surface area contributed by atoms with Gasteiger partial charge in [0, 0.05) is 6.07 Å². The Labute approximate surface area is 117 Å². The largest absolute Gasteiger partial charge is 0.481 e. The number of methoxy groups -OCH3 is 1. The van der Waals surface area contributed by atoms with E-state index in [4.69, 9.17) is 10.5 Å². The molecule has 0 amide bonds. The van der Waals surface area contributed by atoms with Crippen LogP contribution in [0.4, 0.5) is 5.95 Å². The first-order chi connectivity index (χ1) is 9.67. The Hall–Kier alpha value is -2.56. The molecule has 2 heterocycles. The third-order valence-corrected chi connectivity index (χ3v) is 3.23. The number of ether oxygens (including phenoxy) is 1. The van der Waals surface area contributed by atoms with Crippen LogP contribution in [0.2, 0.25) is 0 Å². The maximum Gasteiger partial charge on any atom is 0.215 e. The van der Waals surface area contributed by atoms with Crippen molar-refractivity contribution in [3.8, 4) is 5.88 Å². The van der Waals surface area contributed by atoms with Gasteiger partial charge < -0.3 is 10.5 Å². The molecule has 0 atom stereocenters. The minimum absolute atomic E-state index is 0.460. The fraction of sp³-hybridized carbons (Fsp3) is 0.200. The van der Waals surface area contributed by atoms with Crippen molar-refractivity contribution < 1.29 is 4.74 Å². The van der Waals surface area contributed by atoms with Crippen LogP contribution in [0.3, 0.4) is 0 Å². The van der Waals surface area contributed by atoms with Crippen LogP contribution in [-0.4, -0.2) is 21.6 Å². The normalized spacial score (nSPS) is 10.9. The summed E-state index contributed by atoms with van der Waals surface area (Å²) in [6.07, 6.45) is 0. The molecule has 102 valence electrons. The zero-order valence-electron chi connectivity index (χ0n) is 11.5. The van der Waals surface area contributed by atoms with Crippen molar-refractivity contribution in [2.75, 3.05) is 12.8 Å². The number of nitrogen functional groups attached to an aromatic ring is 1. The maximum atomic E-state index is 6.00. The van der Waals surface area contributed by atoms with Gasteiger partial charge in [0.25, 0.3) is 0 Å². The highest BCUT2D eigenvalue weighted by atomic mass is 16.5. The van der Waals surface area contributed by atoms with Crippen LogP contribution < -0.4 is 10.5 Å². The number of anilines is 1. The molecule has 2 N–H and O–H groups in total. The molecule has 0 aliphatic rings. The van der Waals surface area contributed by atoms with Crippen LogP contribution in [0.1, 0.15) is 11.1 Å². The highest BCUT2D eigenvalue weighted by Gasteiger charge is 2.11. The Morgan fingerprint density at radius 2 is 2.05 bits per heavy atom. The number of hydrogen-bond acceptors (Lipinski definition) is 4. The number of nitrogens with two attached hydrogens (primary N) is 1. The van der Waals surface area contributed by atoms with Crippen LogP contribution in [-0.2, 0) is 6.54 Å². The molecule has 0 radical (unpaired) electrons. The average molecular weight is 268 g/mol. The fourth-order valence-electron chi connectivity index (χ4n) is 2.26. The molecule has 0 aliphatic heterocycles. The number of imidazole rings is 1. The van der Waals surface area contributed by atoms with Gasteiger partial charge in [-0.25, -0.2) is 4.98 Å². The topological polar surface area (TPSA) is 66.0 Å². The monoisotopic (exact) mass is 268 g/mol. The van der Waals surface area contributed by atoms with Crippen molar-refractivity contribution in [2.24, 2.45) is 0 Å². The first-order valence-electron chi connectivity index (χ1n) is 6.39. The van der Waals surface area contributed by atoms with E-state index in [1.165, 1.54) is 11.1 Å². The van der Waals surface area contributed by atoms with Crippen LogP contribution in [0.15, 0.2) is 36.4 Å². The molecule has 5 heteroatoms. The first kappa shape index (κ1) is 12.5. The number of fused-ring (bicyclic) bond motifs is 1. The van der Waals surface area contributed by atoms with Gasteiger partial charge in [-0.1, -0.05) is 29.8 Å². The molecule has 0 aliphatic carbocycles. The average Bonchev–Trinajstić information content (AvgIpc) is 2.74. The van der Waals surface area contributed by atoms with Gasteiger partial charge in [-0.05, 0) is 18.6 Å². The summed E-state index contributed by atoms with van der Waals surface area (Å²) in [5, 5.41) is 0. The third kappa shape index (κ3) is 2.18. The molecule has 0 bridgehead atoms. The summed E-state index contributed by atoms with van der Waals surface area (Å²) in [6, 6.07) is 12.0. The van der Waals surface area contributed by atoms with Gasteiger partial charge in [0.1, 0.15) is 5.52 Å². The van der Waals surface area contributed by atoms with Crippen molar-refractivity contribution in [3.05, 3.63) is 47.5 Å². The van der Waals surface area contributed by atoms with E-state index < -0.39 is 0 Å². The van der Waals surface area contributed by atoms with Gasteiger partial charge in [0.05, 0.1) is 13.7 Å². The highest BCUT2D eigenvalue weighted by molar-refractivity contribution is 5.75. The smallest absolute Gasteiger partial charge is 0.215 e. The molecule has 20 heavy (non-hydrogen) atoms. The Morgan fingerprint density at radius 3 is 2.80 bits per heavy atom. The molecular weight excluding hydrogens is 252 g/mol. The second-order valence-electron chi connectivity index (χ2n) is 4.74. The van der Waals surface area contributed by atoms with Crippen LogP contribution >= 0.6 is 0 Å². The zero-order chi connectivity index (χ0) is 14.1. The molecule has 1 aromatic carbocycles. The van der Waals surface area contributed by atoms with Crippen molar-refractivity contribution in [1.82, 2.24) is 14.5 Å². The summed E-state index contributed by atoms with van der Waals surface area (Å²) in [7, 11) is 1.60. The van der Waals surface area contributed by atoms with Crippen molar-refractivity contribution in [3.63, 3.8) is 0 Å². The first-order valence-corrected chi connectivity index (χ1v) is 6.39. The molecular formula is C15H16N4O. The van der Waals surface area contributed by atoms with Gasteiger partial charge in [-0.3, -0.25) is 4.57 Å². The van der Waals surface area contributed by atoms with Gasteiger partial charge in [-0.2, -0.15) is 4.98 Å². The molecule has 0 fully saturated rings. The van der Waals surface area contributed by atoms with Crippen molar-refractivity contribution in [1.29, 1.82) is 0 Å². The predicted molar refractivity (Wildman–Crippen MR) is 78.8 cm³/mol. The van der Waals surface area contributed by atoms with Gasteiger partial charge in [0.2, 0.25) is 11.8 Å². The number of benzene rings is 1. The number of rotatable bonds is 3. The number of hydrogen-bond donors (Lipinski definition) is 1. The van der Waals surface area contributed by atoms with E-state index in [0.717, 1.165) is 11.2 Å². The Bertz CT molecular complexity index is 764. The molecule has 0 saturated heterocycles. The molecule has 3 aromatic rings. The van der Waals surface area contributed by atoms with Crippen molar-refractivity contribution in [2.45, 2.75) is 13.5 Å². The Balaban J connectivity index is 2.08. The van der Waals surface area contributed by atoms with Crippen LogP contribution in [0, 0.1) is 6.92 Å². The van der Waals surface area contributed by atoms with Gasteiger partial charge in [-0.15, -0.1) is 0 Å². The minimum Gasteiger partial charge on any atom is -0.481 e. The number of aryl methyl sites for hydroxylation is 1. The van der Waals surface area contributed by atoms with Gasteiger partial charge >= 0.3 is 0 Å². The SMILES string of the molecule is COc1ccc2nc(N)n(Cc3cccc(C)c3)c2n1. The number of pyridine rings is 1. The van der Waals surface area contributed by atoms with E-state index in [1.54, 1.807) is 13.2 Å². The molecule has 5 nitrogen and oxygen atoms in total. The maximum absolute atomic E-state index is 6.00. The second kappa shape index (κ2) is 4.85. The Kier molecular flexibility index (Phi) is 3.02. The summed E-state index contributed by atoms with van der Waals surface area (Å²) < 4.78 is 7.06. The predicted octanol–water partition coefficient (Wildman–Crippen LogP) is 2.38. The quantitative estimate of drug-likeness (QED) is 0.792. The molecule has 0 saturated carbocycles. The minimum atomic E-state index is 0.460. The lowest BCUT2D eigenvalue weighted by atomic mass is 10.1. The summed E-state index contributed by atoms with van der Waals surface area (Å²) >= 11 is 0. The Morgan fingerprint density at radius 1 is 1.20 bits per heavy atom. The lowest BCUT2D eigenvalue weighted by Gasteiger charge is -2.07. The van der Waals surface area contributed by atoms with E-state index in [9.17, 15) is 0 Å². The van der Waals surface area contributed by atoms with Crippen LogP contribution in [0.25, 0.3) is 11.2 Å². The second-order valence-corrected chi connectivity index (χ2v) is 4.74. The fourth-order valence-corrected chi connectivity index (χ4v) is 2.26. The van der Waals surface area contributed by atoms with E-state index in [1.807, 2.05) is 16.7 Å². The lowest BCUT2D eigenvalue weighted by Crippen LogP contribution is -2.05. The highest BCUT2D eigenvalue weighted by Crippen LogP contribution is 2.20. The van der Waals surface area contributed by atoms with Crippen molar-refractivity contribution >= 4 is 17.1 Å². The van der Waals surface area contributed by atoms with E-state index in [0.29, 0.717) is 18.4 Å². The number of aromatic nitrogens is 3. The molecule has 2 aromatic heterocycles. The van der Waals surface area contributed by atoms with E-state index in [-0.39, 0.29) is 0 Å². The van der Waals surface area contributed by atoms with Crippen LogP contribution in [0.5, 0.6) is 5.88 Å². The molecule has 0 spiro atoms. The van der Waals surface area contributed by atoms with Gasteiger partial charge in [0.15, 0.2) is 5.65 Å². The summed E-state index contributed by atoms with van der Waals surface area (Å²) in [5.41, 5.74) is 9.90. The molecule has 0 unspecified atom stereocenters. The molecule has 3 rings (SSSR count). The third-order valence-electron chi connectivity index (χ3n) is 3.23. The van der Waals surface area contributed by atoms with E-state index >= 15 is 0 Å². The zero-order valence-corrected chi connectivity index (χ0v) is 11.5. The lowest BCUT2D eigenvalue weighted by molar-refractivity contribution is 0.399. The standard InChI is InChI=1S/C15H16N4O/c1-10-4-3-5-11(8-10)9-19-14-12(17-15(19)16)6-7-13(18-14)20-2/h3-8H,9H2,1-2H3,(H2,16,17). The number of nitrogens with zero attached hydrogens (tertiary/aromatic N) is 3. The van der Waals surface area contributed by atoms with E-state index in [2.05, 4.69) is 35.1 Å². The summed E-state index contributed by atoms with van der Waals surface area (Å²) in [6.45, 7) is 2.71. The summed E-state index contributed by atoms with van der Waals surface area (Å²) in [4.78, 5) is 8.76.